The van der Waals surface area contributed by atoms with Crippen molar-refractivity contribution in [2.75, 3.05) is 11.9 Å². The molecule has 2 rings (SSSR count). The van der Waals surface area contributed by atoms with E-state index in [0.717, 1.165) is 17.9 Å². The SMILES string of the molecule is CC(CBr)(OCC1CCC1)c1ccccc1. The molecule has 1 aliphatic carbocycles. The minimum absolute atomic E-state index is 0.184. The molecule has 0 amide bonds. The van der Waals surface area contributed by atoms with Crippen LogP contribution < -0.4 is 0 Å². The predicted octanol–water partition coefficient (Wildman–Crippen LogP) is 4.11. The zero-order valence-corrected chi connectivity index (χ0v) is 11.4. The highest BCUT2D eigenvalue weighted by molar-refractivity contribution is 9.09. The van der Waals surface area contributed by atoms with Crippen molar-refractivity contribution in [2.45, 2.75) is 31.8 Å². The molecule has 88 valence electrons. The average molecular weight is 283 g/mol. The topological polar surface area (TPSA) is 9.23 Å². The van der Waals surface area contributed by atoms with Crippen LogP contribution in [0.15, 0.2) is 30.3 Å². The monoisotopic (exact) mass is 282 g/mol. The Morgan fingerprint density at radius 3 is 2.50 bits per heavy atom. The fourth-order valence-corrected chi connectivity index (χ4v) is 2.44. The Hall–Kier alpha value is -0.340. The molecule has 0 spiro atoms. The van der Waals surface area contributed by atoms with Crippen molar-refractivity contribution in [3.8, 4) is 0 Å². The third-order valence-corrected chi connectivity index (χ3v) is 4.57. The summed E-state index contributed by atoms with van der Waals surface area (Å²) >= 11 is 3.57. The molecule has 1 nitrogen and oxygen atoms in total. The van der Waals surface area contributed by atoms with E-state index in [2.05, 4.69) is 47.1 Å². The lowest BCUT2D eigenvalue weighted by Gasteiger charge is -2.33. The van der Waals surface area contributed by atoms with Gasteiger partial charge < -0.3 is 4.74 Å². The largest absolute Gasteiger partial charge is 0.369 e. The maximum absolute atomic E-state index is 6.12. The van der Waals surface area contributed by atoms with Gasteiger partial charge in [-0.1, -0.05) is 52.7 Å². The zero-order valence-electron chi connectivity index (χ0n) is 9.79. The number of rotatable bonds is 5. The molecule has 1 atom stereocenters. The first-order valence-corrected chi connectivity index (χ1v) is 7.12. The molecule has 1 fully saturated rings. The Labute approximate surface area is 106 Å². The maximum Gasteiger partial charge on any atom is 0.0999 e. The molecule has 1 unspecified atom stereocenters. The molecule has 0 aromatic heterocycles. The van der Waals surface area contributed by atoms with Crippen molar-refractivity contribution in [2.24, 2.45) is 5.92 Å². The summed E-state index contributed by atoms with van der Waals surface area (Å²) in [7, 11) is 0. The van der Waals surface area contributed by atoms with Gasteiger partial charge in [-0.05, 0) is 31.2 Å². The molecule has 0 aliphatic heterocycles. The highest BCUT2D eigenvalue weighted by Gasteiger charge is 2.28. The van der Waals surface area contributed by atoms with Gasteiger partial charge in [-0.2, -0.15) is 0 Å². The fraction of sp³-hybridized carbons (Fsp3) is 0.571. The van der Waals surface area contributed by atoms with Gasteiger partial charge in [0.05, 0.1) is 12.2 Å². The summed E-state index contributed by atoms with van der Waals surface area (Å²) in [4.78, 5) is 0. The second-order valence-electron chi connectivity index (χ2n) is 4.84. The van der Waals surface area contributed by atoms with Crippen molar-refractivity contribution in [3.05, 3.63) is 35.9 Å². The number of benzene rings is 1. The van der Waals surface area contributed by atoms with Crippen molar-refractivity contribution in [1.82, 2.24) is 0 Å². The van der Waals surface area contributed by atoms with E-state index < -0.39 is 0 Å². The molecule has 0 saturated heterocycles. The summed E-state index contributed by atoms with van der Waals surface area (Å²) < 4.78 is 6.12. The second kappa shape index (κ2) is 5.33. The molecule has 0 radical (unpaired) electrons. The third-order valence-electron chi connectivity index (χ3n) is 3.50. The van der Waals surface area contributed by atoms with E-state index in [0.29, 0.717) is 0 Å². The van der Waals surface area contributed by atoms with E-state index in [1.54, 1.807) is 0 Å². The summed E-state index contributed by atoms with van der Waals surface area (Å²) in [6.45, 7) is 3.06. The molecule has 1 aliphatic rings. The second-order valence-corrected chi connectivity index (χ2v) is 5.40. The average Bonchev–Trinajstić information content (AvgIpc) is 2.28. The number of hydrogen-bond acceptors (Lipinski definition) is 1. The summed E-state index contributed by atoms with van der Waals surface area (Å²) in [6, 6.07) is 10.5. The molecule has 1 aromatic rings. The predicted molar refractivity (Wildman–Crippen MR) is 70.9 cm³/mol. The molecule has 0 heterocycles. The minimum atomic E-state index is -0.184. The fourth-order valence-electron chi connectivity index (χ4n) is 1.95. The molecular weight excluding hydrogens is 264 g/mol. The van der Waals surface area contributed by atoms with Gasteiger partial charge in [0.25, 0.3) is 0 Å². The molecular formula is C14H19BrO. The number of alkyl halides is 1. The van der Waals surface area contributed by atoms with Crippen LogP contribution in [-0.2, 0) is 10.3 Å². The van der Waals surface area contributed by atoms with Gasteiger partial charge in [-0.15, -0.1) is 0 Å². The molecule has 2 heteroatoms. The van der Waals surface area contributed by atoms with Crippen LogP contribution in [0.25, 0.3) is 0 Å². The first kappa shape index (κ1) is 12.1. The first-order chi connectivity index (χ1) is 7.74. The standard InChI is InChI=1S/C14H19BrO/c1-14(11-15,13-8-3-2-4-9-13)16-10-12-6-5-7-12/h2-4,8-9,12H,5-7,10-11H2,1H3. The Morgan fingerprint density at radius 1 is 1.31 bits per heavy atom. The lowest BCUT2D eigenvalue weighted by molar-refractivity contribution is -0.0475. The van der Waals surface area contributed by atoms with Crippen LogP contribution in [0.3, 0.4) is 0 Å². The summed E-state index contributed by atoms with van der Waals surface area (Å²) in [5, 5.41) is 0.844. The van der Waals surface area contributed by atoms with Crippen LogP contribution in [-0.4, -0.2) is 11.9 Å². The lowest BCUT2D eigenvalue weighted by atomic mass is 9.86. The number of ether oxygens (including phenoxy) is 1. The Kier molecular flexibility index (Phi) is 4.04. The normalized spacial score (nSPS) is 20.1. The Morgan fingerprint density at radius 2 is 2.00 bits per heavy atom. The van der Waals surface area contributed by atoms with Crippen LogP contribution in [0.4, 0.5) is 0 Å². The van der Waals surface area contributed by atoms with Crippen LogP contribution >= 0.6 is 15.9 Å². The highest BCUT2D eigenvalue weighted by atomic mass is 79.9. The van der Waals surface area contributed by atoms with E-state index in [9.17, 15) is 0 Å². The third kappa shape index (κ3) is 2.67. The maximum atomic E-state index is 6.12. The van der Waals surface area contributed by atoms with Crippen LogP contribution in [0.5, 0.6) is 0 Å². The Bertz CT molecular complexity index is 321. The van der Waals surface area contributed by atoms with Crippen LogP contribution in [0.2, 0.25) is 0 Å². The molecule has 0 bridgehead atoms. The van der Waals surface area contributed by atoms with Gasteiger partial charge in [0.2, 0.25) is 0 Å². The van der Waals surface area contributed by atoms with Gasteiger partial charge >= 0.3 is 0 Å². The van der Waals surface area contributed by atoms with Gasteiger partial charge in [0.1, 0.15) is 0 Å². The van der Waals surface area contributed by atoms with Crippen molar-refractivity contribution >= 4 is 15.9 Å². The van der Waals surface area contributed by atoms with E-state index in [-0.39, 0.29) is 5.60 Å². The van der Waals surface area contributed by atoms with Gasteiger partial charge in [0, 0.05) is 5.33 Å². The van der Waals surface area contributed by atoms with E-state index >= 15 is 0 Å². The van der Waals surface area contributed by atoms with Crippen molar-refractivity contribution in [3.63, 3.8) is 0 Å². The van der Waals surface area contributed by atoms with Gasteiger partial charge in [-0.25, -0.2) is 0 Å². The first-order valence-electron chi connectivity index (χ1n) is 6.00. The van der Waals surface area contributed by atoms with Gasteiger partial charge in [0.15, 0.2) is 0 Å². The minimum Gasteiger partial charge on any atom is -0.369 e. The quantitative estimate of drug-likeness (QED) is 0.739. The van der Waals surface area contributed by atoms with Crippen LogP contribution in [0.1, 0.15) is 31.7 Å². The summed E-state index contributed by atoms with van der Waals surface area (Å²) in [5.41, 5.74) is 1.07. The smallest absolute Gasteiger partial charge is 0.0999 e. The number of hydrogen-bond donors (Lipinski definition) is 0. The van der Waals surface area contributed by atoms with Crippen molar-refractivity contribution < 1.29 is 4.74 Å². The van der Waals surface area contributed by atoms with E-state index in [1.165, 1.54) is 24.8 Å². The van der Waals surface area contributed by atoms with Gasteiger partial charge in [-0.3, -0.25) is 0 Å². The highest BCUT2D eigenvalue weighted by Crippen LogP contribution is 2.32. The zero-order chi connectivity index (χ0) is 11.4. The molecule has 0 N–H and O–H groups in total. The summed E-state index contributed by atoms with van der Waals surface area (Å²) in [5.74, 6) is 0.794. The van der Waals surface area contributed by atoms with E-state index in [4.69, 9.17) is 4.74 Å². The number of halogens is 1. The van der Waals surface area contributed by atoms with Crippen molar-refractivity contribution in [1.29, 1.82) is 0 Å². The Balaban J connectivity index is 2.00. The molecule has 1 aromatic carbocycles. The lowest BCUT2D eigenvalue weighted by Crippen LogP contribution is -2.31. The molecule has 16 heavy (non-hydrogen) atoms. The summed E-state index contributed by atoms with van der Waals surface area (Å²) in [6.07, 6.45) is 4.06. The molecule has 1 saturated carbocycles. The van der Waals surface area contributed by atoms with Crippen LogP contribution in [0, 0.1) is 5.92 Å². The van der Waals surface area contributed by atoms with E-state index in [1.807, 2.05) is 6.07 Å².